The molecule has 104 valence electrons. The van der Waals surface area contributed by atoms with Gasteiger partial charge in [-0.05, 0) is 19.1 Å². The summed E-state index contributed by atoms with van der Waals surface area (Å²) in [4.78, 5) is 0. The van der Waals surface area contributed by atoms with Crippen LogP contribution in [0.5, 0.6) is 11.5 Å². The van der Waals surface area contributed by atoms with Crippen molar-refractivity contribution in [3.8, 4) is 17.6 Å². The number of hydrogen-bond donors (Lipinski definition) is 1. The first-order valence-corrected chi connectivity index (χ1v) is 5.36. The van der Waals surface area contributed by atoms with E-state index in [-0.39, 0.29) is 17.1 Å². The summed E-state index contributed by atoms with van der Waals surface area (Å²) in [6.45, 7) is 1.20. The fraction of sp³-hybridized carbons (Fsp3) is 0.417. The fourth-order valence-corrected chi connectivity index (χ4v) is 1.44. The molecule has 0 radical (unpaired) electrons. The van der Waals surface area contributed by atoms with Crippen LogP contribution in [0, 0.1) is 11.3 Å². The number of methoxy groups -OCH3 is 1. The van der Waals surface area contributed by atoms with Gasteiger partial charge < -0.3 is 15.2 Å². The summed E-state index contributed by atoms with van der Waals surface area (Å²) in [5, 5.41) is 8.70. The third-order valence-electron chi connectivity index (χ3n) is 2.35. The number of alkyl halides is 3. The monoisotopic (exact) mass is 274 g/mol. The van der Waals surface area contributed by atoms with Gasteiger partial charge in [0, 0.05) is 12.1 Å². The lowest BCUT2D eigenvalue weighted by Gasteiger charge is -2.25. The van der Waals surface area contributed by atoms with Gasteiger partial charge in [0.05, 0.1) is 18.7 Å². The van der Waals surface area contributed by atoms with Crippen molar-refractivity contribution < 1.29 is 22.6 Å². The van der Waals surface area contributed by atoms with Crippen LogP contribution in [0.3, 0.4) is 0 Å². The van der Waals surface area contributed by atoms with Gasteiger partial charge in [-0.1, -0.05) is 0 Å². The molecule has 0 aromatic heterocycles. The topological polar surface area (TPSA) is 68.3 Å². The lowest BCUT2D eigenvalue weighted by molar-refractivity contribution is -0.199. The van der Waals surface area contributed by atoms with E-state index in [1.807, 2.05) is 6.07 Å². The summed E-state index contributed by atoms with van der Waals surface area (Å²) in [5.74, 6) is -0.0601. The van der Waals surface area contributed by atoms with Crippen LogP contribution in [-0.4, -0.2) is 25.4 Å². The van der Waals surface area contributed by atoms with Gasteiger partial charge in [-0.25, -0.2) is 0 Å². The minimum atomic E-state index is -4.59. The zero-order valence-electron chi connectivity index (χ0n) is 10.4. The molecule has 0 heterocycles. The Morgan fingerprint density at radius 1 is 1.32 bits per heavy atom. The van der Waals surface area contributed by atoms with E-state index in [0.29, 0.717) is 0 Å². The Hall–Kier alpha value is -1.94. The highest BCUT2D eigenvalue weighted by Gasteiger charge is 2.44. The predicted octanol–water partition coefficient (Wildman–Crippen LogP) is 2.22. The summed E-state index contributed by atoms with van der Waals surface area (Å²) in [5.41, 5.74) is 5.54. The number of benzene rings is 1. The SMILES string of the molecule is COc1cc(C#N)ccc1OC(C(C)N)C(F)(F)F. The summed E-state index contributed by atoms with van der Waals surface area (Å²) < 4.78 is 48.0. The molecule has 0 aliphatic rings. The van der Waals surface area contributed by atoms with Crippen LogP contribution in [0.2, 0.25) is 0 Å². The van der Waals surface area contributed by atoms with Crippen molar-refractivity contribution in [2.24, 2.45) is 5.73 Å². The van der Waals surface area contributed by atoms with Crippen LogP contribution in [0.25, 0.3) is 0 Å². The van der Waals surface area contributed by atoms with Crippen molar-refractivity contribution in [1.82, 2.24) is 0 Å². The Labute approximate surface area is 108 Å². The Morgan fingerprint density at radius 3 is 2.37 bits per heavy atom. The van der Waals surface area contributed by atoms with E-state index in [2.05, 4.69) is 0 Å². The highest BCUT2D eigenvalue weighted by molar-refractivity contribution is 5.46. The molecule has 1 aromatic carbocycles. The molecule has 1 rings (SSSR count). The number of nitriles is 1. The molecule has 0 aliphatic heterocycles. The molecule has 0 fully saturated rings. The fourth-order valence-electron chi connectivity index (χ4n) is 1.44. The molecule has 0 saturated heterocycles. The van der Waals surface area contributed by atoms with Crippen molar-refractivity contribution >= 4 is 0 Å². The average Bonchev–Trinajstić information content (AvgIpc) is 2.33. The van der Waals surface area contributed by atoms with Crippen LogP contribution in [-0.2, 0) is 0 Å². The van der Waals surface area contributed by atoms with E-state index in [0.717, 1.165) is 0 Å². The molecule has 0 saturated carbocycles. The van der Waals surface area contributed by atoms with Gasteiger partial charge in [0.15, 0.2) is 11.5 Å². The number of rotatable bonds is 4. The zero-order chi connectivity index (χ0) is 14.6. The Kier molecular flexibility index (Phi) is 4.62. The molecule has 2 unspecified atom stereocenters. The van der Waals surface area contributed by atoms with E-state index in [9.17, 15) is 13.2 Å². The number of ether oxygens (including phenoxy) is 2. The van der Waals surface area contributed by atoms with E-state index < -0.39 is 18.3 Å². The first-order chi connectivity index (χ1) is 8.79. The molecule has 0 aliphatic carbocycles. The molecule has 4 nitrogen and oxygen atoms in total. The molecular weight excluding hydrogens is 261 g/mol. The van der Waals surface area contributed by atoms with Crippen LogP contribution < -0.4 is 15.2 Å². The van der Waals surface area contributed by atoms with Crippen molar-refractivity contribution in [3.05, 3.63) is 23.8 Å². The maximum absolute atomic E-state index is 12.7. The second kappa shape index (κ2) is 5.80. The van der Waals surface area contributed by atoms with Gasteiger partial charge in [0.25, 0.3) is 0 Å². The lowest BCUT2D eigenvalue weighted by atomic mass is 10.2. The predicted molar refractivity (Wildman–Crippen MR) is 61.8 cm³/mol. The van der Waals surface area contributed by atoms with Gasteiger partial charge in [0.1, 0.15) is 0 Å². The van der Waals surface area contributed by atoms with Crippen molar-refractivity contribution in [3.63, 3.8) is 0 Å². The zero-order valence-corrected chi connectivity index (χ0v) is 10.4. The van der Waals surface area contributed by atoms with Crippen molar-refractivity contribution in [1.29, 1.82) is 5.26 Å². The maximum atomic E-state index is 12.7. The largest absolute Gasteiger partial charge is 0.493 e. The highest BCUT2D eigenvalue weighted by Crippen LogP contribution is 2.33. The average molecular weight is 274 g/mol. The molecule has 7 heteroatoms. The van der Waals surface area contributed by atoms with Crippen LogP contribution >= 0.6 is 0 Å². The van der Waals surface area contributed by atoms with E-state index in [1.165, 1.54) is 32.2 Å². The second-order valence-corrected chi connectivity index (χ2v) is 3.92. The summed E-state index contributed by atoms with van der Waals surface area (Å²) >= 11 is 0. The Morgan fingerprint density at radius 2 is 1.95 bits per heavy atom. The van der Waals surface area contributed by atoms with Crippen molar-refractivity contribution in [2.45, 2.75) is 25.2 Å². The standard InChI is InChI=1S/C12H13F3N2O2/c1-7(17)11(12(13,14)15)19-9-4-3-8(6-16)5-10(9)18-2/h3-5,7,11H,17H2,1-2H3. The van der Waals surface area contributed by atoms with E-state index in [4.69, 9.17) is 20.5 Å². The summed E-state index contributed by atoms with van der Waals surface area (Å²) in [6.07, 6.45) is -6.73. The normalized spacial score (nSPS) is 14.4. The van der Waals surface area contributed by atoms with Crippen molar-refractivity contribution in [2.75, 3.05) is 7.11 Å². The Bertz CT molecular complexity index is 481. The number of halogens is 3. The van der Waals surface area contributed by atoms with Crippen LogP contribution in [0.1, 0.15) is 12.5 Å². The summed E-state index contributed by atoms with van der Waals surface area (Å²) in [7, 11) is 1.28. The second-order valence-electron chi connectivity index (χ2n) is 3.92. The van der Waals surface area contributed by atoms with E-state index >= 15 is 0 Å². The smallest absolute Gasteiger partial charge is 0.426 e. The first kappa shape index (κ1) is 15.1. The van der Waals surface area contributed by atoms with Gasteiger partial charge >= 0.3 is 6.18 Å². The van der Waals surface area contributed by atoms with Gasteiger partial charge in [-0.3, -0.25) is 0 Å². The molecule has 0 amide bonds. The third kappa shape index (κ3) is 3.76. The number of hydrogen-bond acceptors (Lipinski definition) is 4. The third-order valence-corrected chi connectivity index (χ3v) is 2.35. The van der Waals surface area contributed by atoms with Gasteiger partial charge in [-0.15, -0.1) is 0 Å². The van der Waals surface area contributed by atoms with Gasteiger partial charge in [0.2, 0.25) is 6.10 Å². The molecule has 2 N–H and O–H groups in total. The maximum Gasteiger partial charge on any atom is 0.426 e. The highest BCUT2D eigenvalue weighted by atomic mass is 19.4. The van der Waals surface area contributed by atoms with Crippen LogP contribution in [0.15, 0.2) is 18.2 Å². The minimum absolute atomic E-state index is 0.0500. The molecular formula is C12H13F3N2O2. The number of nitrogens with zero attached hydrogens (tertiary/aromatic N) is 1. The molecule has 1 aromatic rings. The van der Waals surface area contributed by atoms with Crippen LogP contribution in [0.4, 0.5) is 13.2 Å². The minimum Gasteiger partial charge on any atom is -0.493 e. The van der Waals surface area contributed by atoms with Gasteiger partial charge in [-0.2, -0.15) is 18.4 Å². The molecule has 19 heavy (non-hydrogen) atoms. The quantitative estimate of drug-likeness (QED) is 0.914. The lowest BCUT2D eigenvalue weighted by Crippen LogP contribution is -2.47. The first-order valence-electron chi connectivity index (χ1n) is 5.36. The number of nitrogens with two attached hydrogens (primary N) is 1. The molecule has 0 bridgehead atoms. The molecule has 2 atom stereocenters. The summed E-state index contributed by atoms with van der Waals surface area (Å²) in [6, 6.07) is 4.50. The molecule has 0 spiro atoms. The van der Waals surface area contributed by atoms with E-state index in [1.54, 1.807) is 0 Å². The Balaban J connectivity index is 3.07.